The Labute approximate surface area is 115 Å². The van der Waals surface area contributed by atoms with Crippen LogP contribution < -0.4 is 21.5 Å². The number of nitrogens with zero attached hydrogens (tertiary/aromatic N) is 3. The van der Waals surface area contributed by atoms with Gasteiger partial charge in [0.1, 0.15) is 11.4 Å². The van der Waals surface area contributed by atoms with E-state index in [1.807, 2.05) is 11.0 Å². The first-order chi connectivity index (χ1) is 9.75. The molecule has 3 heterocycles. The van der Waals surface area contributed by atoms with Crippen LogP contribution in [0.1, 0.15) is 0 Å². The van der Waals surface area contributed by atoms with Crippen molar-refractivity contribution in [3.8, 4) is 11.3 Å². The van der Waals surface area contributed by atoms with Crippen molar-refractivity contribution in [3.63, 3.8) is 0 Å². The van der Waals surface area contributed by atoms with E-state index in [4.69, 9.17) is 5.73 Å². The molecule has 1 saturated heterocycles. The van der Waals surface area contributed by atoms with Crippen molar-refractivity contribution in [2.45, 2.75) is 0 Å². The predicted octanol–water partition coefficient (Wildman–Crippen LogP) is -0.176. The third-order valence-corrected chi connectivity index (χ3v) is 3.27. The van der Waals surface area contributed by atoms with Gasteiger partial charge in [-0.1, -0.05) is 6.07 Å². The Hall–Kier alpha value is -2.41. The molecule has 1 fully saturated rings. The summed E-state index contributed by atoms with van der Waals surface area (Å²) in [6, 6.07) is 5.34. The monoisotopic (exact) mass is 272 g/mol. The Morgan fingerprint density at radius 3 is 2.70 bits per heavy atom. The van der Waals surface area contributed by atoms with E-state index in [9.17, 15) is 4.79 Å². The molecular formula is C13H16N6O. The van der Waals surface area contributed by atoms with Gasteiger partial charge in [-0.25, -0.2) is 0 Å². The number of aromatic amines is 1. The van der Waals surface area contributed by atoms with Crippen LogP contribution in [0.25, 0.3) is 11.3 Å². The number of H-pyrrole nitrogens is 1. The molecule has 1 aliphatic heterocycles. The van der Waals surface area contributed by atoms with Gasteiger partial charge in [0.2, 0.25) is 5.95 Å². The second kappa shape index (κ2) is 5.30. The first-order valence-corrected chi connectivity index (χ1v) is 6.52. The lowest BCUT2D eigenvalue weighted by Gasteiger charge is -2.27. The highest BCUT2D eigenvalue weighted by atomic mass is 16.1. The van der Waals surface area contributed by atoms with Gasteiger partial charge >= 0.3 is 0 Å². The van der Waals surface area contributed by atoms with E-state index in [2.05, 4.69) is 20.3 Å². The Kier molecular flexibility index (Phi) is 3.34. The fraction of sp³-hybridized carbons (Fsp3) is 0.308. The number of nitrogen functional groups attached to an aromatic ring is 1. The highest BCUT2D eigenvalue weighted by Gasteiger charge is 2.17. The summed E-state index contributed by atoms with van der Waals surface area (Å²) in [5.74, 6) is 0.731. The van der Waals surface area contributed by atoms with E-state index in [0.717, 1.165) is 26.2 Å². The fourth-order valence-corrected chi connectivity index (χ4v) is 2.26. The highest BCUT2D eigenvalue weighted by Crippen LogP contribution is 2.19. The first kappa shape index (κ1) is 12.6. The minimum atomic E-state index is -0.260. The summed E-state index contributed by atoms with van der Waals surface area (Å²) in [5.41, 5.74) is 6.54. The molecule has 7 nitrogen and oxygen atoms in total. The maximum Gasteiger partial charge on any atom is 0.263 e. The smallest absolute Gasteiger partial charge is 0.263 e. The molecule has 0 saturated carbocycles. The van der Waals surface area contributed by atoms with Gasteiger partial charge in [0.25, 0.3) is 5.56 Å². The number of pyridine rings is 1. The van der Waals surface area contributed by atoms with E-state index < -0.39 is 0 Å². The number of hydrogen-bond acceptors (Lipinski definition) is 6. The molecule has 0 amide bonds. The van der Waals surface area contributed by atoms with Gasteiger partial charge in [0.05, 0.1) is 5.69 Å². The normalized spacial score (nSPS) is 15.3. The van der Waals surface area contributed by atoms with E-state index >= 15 is 0 Å². The largest absolute Gasteiger partial charge is 0.383 e. The SMILES string of the molecule is Nc1nc(N2CCNCC2)[nH]c(=O)c1-c1ccccn1. The van der Waals surface area contributed by atoms with E-state index in [0.29, 0.717) is 17.2 Å². The first-order valence-electron chi connectivity index (χ1n) is 6.52. The molecule has 2 aromatic heterocycles. The van der Waals surface area contributed by atoms with Crippen molar-refractivity contribution in [1.82, 2.24) is 20.3 Å². The van der Waals surface area contributed by atoms with E-state index in [-0.39, 0.29) is 11.4 Å². The summed E-state index contributed by atoms with van der Waals surface area (Å²) >= 11 is 0. The van der Waals surface area contributed by atoms with Crippen LogP contribution in [0.5, 0.6) is 0 Å². The van der Waals surface area contributed by atoms with Crippen LogP contribution in [0.15, 0.2) is 29.2 Å². The Balaban J connectivity index is 2.01. The van der Waals surface area contributed by atoms with Crippen LogP contribution >= 0.6 is 0 Å². The Morgan fingerprint density at radius 2 is 2.05 bits per heavy atom. The molecule has 0 spiro atoms. The summed E-state index contributed by atoms with van der Waals surface area (Å²) < 4.78 is 0. The quantitative estimate of drug-likeness (QED) is 0.701. The standard InChI is InChI=1S/C13H16N6O/c14-11-10(9-3-1-2-4-16-9)12(20)18-13(17-11)19-7-5-15-6-8-19/h1-4,15H,5-8H2,(H3,14,17,18,20). The second-order valence-electron chi connectivity index (χ2n) is 4.60. The predicted molar refractivity (Wildman–Crippen MR) is 77.6 cm³/mol. The van der Waals surface area contributed by atoms with Gasteiger partial charge in [-0.3, -0.25) is 14.8 Å². The number of nitrogens with one attached hydrogen (secondary N) is 2. The summed E-state index contributed by atoms with van der Waals surface area (Å²) in [4.78, 5) is 25.5. The van der Waals surface area contributed by atoms with E-state index in [1.54, 1.807) is 18.3 Å². The van der Waals surface area contributed by atoms with Crippen molar-refractivity contribution in [2.24, 2.45) is 0 Å². The molecule has 2 aromatic rings. The molecule has 0 atom stereocenters. The third kappa shape index (κ3) is 2.35. The molecule has 7 heteroatoms. The van der Waals surface area contributed by atoms with E-state index in [1.165, 1.54) is 0 Å². The number of nitrogens with two attached hydrogens (primary N) is 1. The Morgan fingerprint density at radius 1 is 1.25 bits per heavy atom. The van der Waals surface area contributed by atoms with Gasteiger partial charge in [-0.2, -0.15) is 4.98 Å². The van der Waals surface area contributed by atoms with Gasteiger partial charge in [0, 0.05) is 32.4 Å². The van der Waals surface area contributed by atoms with Crippen molar-refractivity contribution >= 4 is 11.8 Å². The molecule has 0 aromatic carbocycles. The Bertz CT molecular complexity index is 648. The third-order valence-electron chi connectivity index (χ3n) is 3.27. The zero-order chi connectivity index (χ0) is 13.9. The number of anilines is 2. The van der Waals surface area contributed by atoms with Crippen molar-refractivity contribution < 1.29 is 0 Å². The minimum absolute atomic E-state index is 0.209. The second-order valence-corrected chi connectivity index (χ2v) is 4.60. The van der Waals surface area contributed by atoms with Gasteiger partial charge in [0.15, 0.2) is 0 Å². The van der Waals surface area contributed by atoms with Crippen molar-refractivity contribution in [3.05, 3.63) is 34.7 Å². The summed E-state index contributed by atoms with van der Waals surface area (Å²) in [6.07, 6.45) is 1.62. The fourth-order valence-electron chi connectivity index (χ4n) is 2.26. The molecule has 20 heavy (non-hydrogen) atoms. The highest BCUT2D eigenvalue weighted by molar-refractivity contribution is 5.70. The van der Waals surface area contributed by atoms with Crippen LogP contribution in [-0.4, -0.2) is 41.1 Å². The molecule has 104 valence electrons. The number of piperazine rings is 1. The lowest BCUT2D eigenvalue weighted by molar-refractivity contribution is 0.579. The maximum atomic E-state index is 12.2. The molecule has 0 unspecified atom stereocenters. The number of hydrogen-bond donors (Lipinski definition) is 3. The van der Waals surface area contributed by atoms with Crippen LogP contribution in [0.4, 0.5) is 11.8 Å². The van der Waals surface area contributed by atoms with Crippen LogP contribution in [0.2, 0.25) is 0 Å². The average molecular weight is 272 g/mol. The van der Waals surface area contributed by atoms with Crippen LogP contribution in [-0.2, 0) is 0 Å². The lowest BCUT2D eigenvalue weighted by atomic mass is 10.2. The van der Waals surface area contributed by atoms with Gasteiger partial charge in [-0.05, 0) is 12.1 Å². The van der Waals surface area contributed by atoms with Gasteiger partial charge < -0.3 is 16.0 Å². The summed E-state index contributed by atoms with van der Waals surface area (Å²) in [6.45, 7) is 3.33. The minimum Gasteiger partial charge on any atom is -0.383 e. The van der Waals surface area contributed by atoms with Crippen molar-refractivity contribution in [1.29, 1.82) is 0 Å². The number of aromatic nitrogens is 3. The molecule has 4 N–H and O–H groups in total. The molecule has 0 aliphatic carbocycles. The topological polar surface area (TPSA) is 99.9 Å². The van der Waals surface area contributed by atoms with Gasteiger partial charge in [-0.15, -0.1) is 0 Å². The van der Waals surface area contributed by atoms with Crippen LogP contribution in [0.3, 0.4) is 0 Å². The average Bonchev–Trinajstić information content (AvgIpc) is 2.48. The zero-order valence-electron chi connectivity index (χ0n) is 11.0. The molecular weight excluding hydrogens is 256 g/mol. The summed E-state index contributed by atoms with van der Waals surface area (Å²) in [7, 11) is 0. The number of rotatable bonds is 2. The summed E-state index contributed by atoms with van der Waals surface area (Å²) in [5, 5.41) is 3.25. The van der Waals surface area contributed by atoms with Crippen LogP contribution in [0, 0.1) is 0 Å². The molecule has 1 aliphatic rings. The molecule has 0 radical (unpaired) electrons. The molecule has 3 rings (SSSR count). The van der Waals surface area contributed by atoms with Crippen molar-refractivity contribution in [2.75, 3.05) is 36.8 Å². The zero-order valence-corrected chi connectivity index (χ0v) is 11.0. The lowest BCUT2D eigenvalue weighted by Crippen LogP contribution is -2.44. The molecule has 0 bridgehead atoms. The maximum absolute atomic E-state index is 12.2.